The Hall–Kier alpha value is -1.22. The van der Waals surface area contributed by atoms with E-state index < -0.39 is 0 Å². The zero-order valence-electron chi connectivity index (χ0n) is 10.6. The van der Waals surface area contributed by atoms with Crippen molar-refractivity contribution in [2.45, 2.75) is 31.2 Å². The minimum atomic E-state index is 0.0384. The Balaban J connectivity index is 1.97. The average molecular weight is 264 g/mol. The highest BCUT2D eigenvalue weighted by molar-refractivity contribution is 6.18. The van der Waals surface area contributed by atoms with Crippen molar-refractivity contribution in [3.63, 3.8) is 0 Å². The highest BCUT2D eigenvalue weighted by Gasteiger charge is 2.34. The van der Waals surface area contributed by atoms with Crippen LogP contribution in [0.3, 0.4) is 0 Å². The quantitative estimate of drug-likeness (QED) is 0.859. The maximum Gasteiger partial charge on any atom is 0.204 e. The third-order valence-electron chi connectivity index (χ3n) is 3.98. The molecule has 3 nitrogen and oxygen atoms in total. The summed E-state index contributed by atoms with van der Waals surface area (Å²) in [5.41, 5.74) is 2.23. The summed E-state index contributed by atoms with van der Waals surface area (Å²) in [5.74, 6) is 1.58. The van der Waals surface area contributed by atoms with Crippen molar-refractivity contribution in [3.05, 3.63) is 24.3 Å². The number of hydrogen-bond donors (Lipinski definition) is 1. The van der Waals surface area contributed by atoms with E-state index in [4.69, 9.17) is 11.6 Å². The first-order valence-corrected chi connectivity index (χ1v) is 7.03. The summed E-state index contributed by atoms with van der Waals surface area (Å²) in [7, 11) is 2.05. The van der Waals surface area contributed by atoms with Crippen molar-refractivity contribution < 1.29 is 0 Å². The van der Waals surface area contributed by atoms with Crippen LogP contribution in [0.1, 0.15) is 25.7 Å². The minimum absolute atomic E-state index is 0.0384. The molecule has 1 saturated carbocycles. The molecule has 1 heterocycles. The fourth-order valence-corrected chi connectivity index (χ4v) is 3.17. The molecule has 4 heteroatoms. The van der Waals surface area contributed by atoms with Gasteiger partial charge in [0, 0.05) is 12.9 Å². The zero-order valence-corrected chi connectivity index (χ0v) is 11.4. The minimum Gasteiger partial charge on any atom is -0.349 e. The van der Waals surface area contributed by atoms with Gasteiger partial charge >= 0.3 is 0 Å². The molecule has 3 rings (SSSR count). The summed E-state index contributed by atoms with van der Waals surface area (Å²) in [6.07, 6.45) is 4.78. The van der Waals surface area contributed by atoms with Gasteiger partial charge in [-0.2, -0.15) is 0 Å². The lowest BCUT2D eigenvalue weighted by Crippen LogP contribution is -2.38. The molecule has 1 aliphatic carbocycles. The second-order valence-corrected chi connectivity index (χ2v) is 5.50. The molecule has 0 amide bonds. The van der Waals surface area contributed by atoms with Crippen molar-refractivity contribution in [1.29, 1.82) is 0 Å². The molecule has 96 valence electrons. The van der Waals surface area contributed by atoms with Gasteiger partial charge in [0.15, 0.2) is 0 Å². The monoisotopic (exact) mass is 263 g/mol. The summed E-state index contributed by atoms with van der Waals surface area (Å²) in [6, 6.07) is 8.20. The van der Waals surface area contributed by atoms with Gasteiger partial charge in [0.25, 0.3) is 0 Å². The third-order valence-corrected chi connectivity index (χ3v) is 4.49. The van der Waals surface area contributed by atoms with Crippen molar-refractivity contribution in [2.24, 2.45) is 7.05 Å². The van der Waals surface area contributed by atoms with E-state index in [9.17, 15) is 0 Å². The highest BCUT2D eigenvalue weighted by atomic mass is 35.5. The van der Waals surface area contributed by atoms with Gasteiger partial charge in [-0.15, -0.1) is 11.6 Å². The Morgan fingerprint density at radius 3 is 2.72 bits per heavy atom. The van der Waals surface area contributed by atoms with Crippen molar-refractivity contribution >= 4 is 28.6 Å². The van der Waals surface area contributed by atoms with Gasteiger partial charge in [-0.3, -0.25) is 0 Å². The number of hydrogen-bond acceptors (Lipinski definition) is 2. The van der Waals surface area contributed by atoms with E-state index in [0.29, 0.717) is 5.88 Å². The molecule has 0 saturated heterocycles. The highest BCUT2D eigenvalue weighted by Crippen LogP contribution is 2.34. The third kappa shape index (κ3) is 1.87. The summed E-state index contributed by atoms with van der Waals surface area (Å²) in [4.78, 5) is 4.66. The molecule has 0 unspecified atom stereocenters. The average Bonchev–Trinajstić information content (AvgIpc) is 2.98. The number of nitrogens with zero attached hydrogens (tertiary/aromatic N) is 2. The number of aromatic nitrogens is 2. The first-order chi connectivity index (χ1) is 8.74. The summed E-state index contributed by atoms with van der Waals surface area (Å²) in [5, 5.41) is 3.58. The molecule has 0 atom stereocenters. The molecular formula is C14H18ClN3. The van der Waals surface area contributed by atoms with Crippen LogP contribution in [0.25, 0.3) is 11.0 Å². The van der Waals surface area contributed by atoms with E-state index in [-0.39, 0.29) is 5.54 Å². The molecule has 1 aliphatic rings. The van der Waals surface area contributed by atoms with Crippen LogP contribution in [-0.2, 0) is 7.05 Å². The van der Waals surface area contributed by atoms with E-state index in [1.54, 1.807) is 0 Å². The SMILES string of the molecule is Cn1c(NC2(CCl)CCCC2)nc2ccccc21. The second kappa shape index (κ2) is 4.47. The van der Waals surface area contributed by atoms with Crippen LogP contribution in [0.2, 0.25) is 0 Å². The second-order valence-electron chi connectivity index (χ2n) is 5.23. The smallest absolute Gasteiger partial charge is 0.204 e. The Morgan fingerprint density at radius 1 is 1.33 bits per heavy atom. The fourth-order valence-electron chi connectivity index (χ4n) is 2.84. The molecule has 0 spiro atoms. The van der Waals surface area contributed by atoms with E-state index >= 15 is 0 Å². The van der Waals surface area contributed by atoms with Crippen molar-refractivity contribution in [2.75, 3.05) is 11.2 Å². The first-order valence-electron chi connectivity index (χ1n) is 6.50. The first kappa shape index (κ1) is 11.8. The number of fused-ring (bicyclic) bond motifs is 1. The zero-order chi connectivity index (χ0) is 12.6. The molecular weight excluding hydrogens is 246 g/mol. The van der Waals surface area contributed by atoms with E-state index in [0.717, 1.165) is 29.8 Å². The number of halogens is 1. The lowest BCUT2D eigenvalue weighted by atomic mass is 10.0. The Labute approximate surface area is 112 Å². The number of nitrogens with one attached hydrogen (secondary N) is 1. The number of aryl methyl sites for hydroxylation is 1. The van der Waals surface area contributed by atoms with Gasteiger partial charge in [0.2, 0.25) is 5.95 Å². The summed E-state index contributed by atoms with van der Waals surface area (Å²) < 4.78 is 2.11. The van der Waals surface area contributed by atoms with Gasteiger partial charge in [-0.25, -0.2) is 4.98 Å². The van der Waals surface area contributed by atoms with E-state index in [2.05, 4.69) is 28.0 Å². The van der Waals surface area contributed by atoms with Crippen LogP contribution in [0.4, 0.5) is 5.95 Å². The number of alkyl halides is 1. The molecule has 1 aromatic heterocycles. The normalized spacial score (nSPS) is 18.3. The Bertz CT molecular complexity index is 555. The predicted molar refractivity (Wildman–Crippen MR) is 76.3 cm³/mol. The molecule has 1 N–H and O–H groups in total. The number of imidazole rings is 1. The van der Waals surface area contributed by atoms with Gasteiger partial charge in [0.1, 0.15) is 0 Å². The molecule has 0 bridgehead atoms. The standard InChI is InChI=1S/C14H18ClN3/c1-18-12-7-3-2-6-11(12)16-13(18)17-14(10-15)8-4-5-9-14/h2-3,6-7H,4-5,8-10H2,1H3,(H,16,17). The van der Waals surface area contributed by atoms with E-state index in [1.165, 1.54) is 12.8 Å². The summed E-state index contributed by atoms with van der Waals surface area (Å²) in [6.45, 7) is 0. The largest absolute Gasteiger partial charge is 0.349 e. The fraction of sp³-hybridized carbons (Fsp3) is 0.500. The van der Waals surface area contributed by atoms with Gasteiger partial charge < -0.3 is 9.88 Å². The molecule has 2 aromatic rings. The molecule has 0 radical (unpaired) electrons. The van der Waals surface area contributed by atoms with E-state index in [1.807, 2.05) is 18.2 Å². The van der Waals surface area contributed by atoms with Crippen LogP contribution >= 0.6 is 11.6 Å². The number of benzene rings is 1. The maximum atomic E-state index is 6.17. The molecule has 1 fully saturated rings. The lowest BCUT2D eigenvalue weighted by Gasteiger charge is -2.28. The number of para-hydroxylation sites is 2. The van der Waals surface area contributed by atoms with Crippen LogP contribution in [0.15, 0.2) is 24.3 Å². The molecule has 1 aromatic carbocycles. The van der Waals surface area contributed by atoms with Crippen molar-refractivity contribution in [3.8, 4) is 0 Å². The lowest BCUT2D eigenvalue weighted by molar-refractivity contribution is 0.532. The Morgan fingerprint density at radius 2 is 2.06 bits per heavy atom. The number of rotatable bonds is 3. The van der Waals surface area contributed by atoms with Gasteiger partial charge in [-0.1, -0.05) is 25.0 Å². The topological polar surface area (TPSA) is 29.9 Å². The Kier molecular flexibility index (Phi) is 2.94. The van der Waals surface area contributed by atoms with Crippen LogP contribution in [-0.4, -0.2) is 21.0 Å². The van der Waals surface area contributed by atoms with Crippen molar-refractivity contribution in [1.82, 2.24) is 9.55 Å². The molecule has 0 aliphatic heterocycles. The van der Waals surface area contributed by atoms with Gasteiger partial charge in [0.05, 0.1) is 16.6 Å². The van der Waals surface area contributed by atoms with Crippen LogP contribution < -0.4 is 5.32 Å². The predicted octanol–water partition coefficient (Wildman–Crippen LogP) is 3.54. The number of anilines is 1. The van der Waals surface area contributed by atoms with Crippen LogP contribution in [0, 0.1) is 0 Å². The molecule has 18 heavy (non-hydrogen) atoms. The maximum absolute atomic E-state index is 6.17. The summed E-state index contributed by atoms with van der Waals surface area (Å²) >= 11 is 6.17. The van der Waals surface area contributed by atoms with Crippen LogP contribution in [0.5, 0.6) is 0 Å². The van der Waals surface area contributed by atoms with Gasteiger partial charge in [-0.05, 0) is 25.0 Å².